The van der Waals surface area contributed by atoms with Crippen molar-refractivity contribution in [1.82, 2.24) is 0 Å². The molecule has 2 aromatic rings. The van der Waals surface area contributed by atoms with Crippen LogP contribution in [0, 0.1) is 13.8 Å². The first kappa shape index (κ1) is 22.3. The molecule has 0 aliphatic rings. The van der Waals surface area contributed by atoms with Crippen molar-refractivity contribution in [3.63, 3.8) is 0 Å². The Kier molecular flexibility index (Phi) is 7.16. The van der Waals surface area contributed by atoms with Gasteiger partial charge in [0.25, 0.3) is 20.2 Å². The first-order valence-corrected chi connectivity index (χ1v) is 11.5. The molecule has 0 fully saturated rings. The molecule has 0 aliphatic carbocycles. The van der Waals surface area contributed by atoms with E-state index in [2.05, 4.69) is 0 Å². The molecule has 0 amide bonds. The van der Waals surface area contributed by atoms with E-state index in [1.165, 1.54) is 36.4 Å². The minimum Gasteiger partial charge on any atom is -0.259 e. The number of hydrogen-bond acceptors (Lipinski definition) is 6. The van der Waals surface area contributed by atoms with Crippen LogP contribution in [0.2, 0.25) is 0 Å². The Morgan fingerprint density at radius 2 is 0.929 bits per heavy atom. The van der Waals surface area contributed by atoms with Gasteiger partial charge in [-0.3, -0.25) is 8.37 Å². The average molecular weight is 425 g/mol. The normalized spacial score (nSPS) is 14.9. The van der Waals surface area contributed by atoms with Crippen molar-refractivity contribution in [2.24, 2.45) is 0 Å². The highest BCUT2D eigenvalue weighted by atomic mass is 32.2. The molecule has 0 bridgehead atoms. The third-order valence-corrected chi connectivity index (χ3v) is 6.64. The number of hydrogen-bond donors (Lipinski definition) is 0. The lowest BCUT2D eigenvalue weighted by atomic mass is 10.2. The molecule has 0 saturated carbocycles. The molecule has 152 valence electrons. The van der Waals surface area contributed by atoms with E-state index in [4.69, 9.17) is 8.37 Å². The summed E-state index contributed by atoms with van der Waals surface area (Å²) < 4.78 is 59.3. The third-order valence-electron chi connectivity index (χ3n) is 3.83. The highest BCUT2D eigenvalue weighted by molar-refractivity contribution is 7.87. The zero-order valence-electron chi connectivity index (χ0n) is 16.2. The molecule has 0 radical (unpaired) electrons. The van der Waals surface area contributed by atoms with Gasteiger partial charge in [-0.25, -0.2) is 0 Å². The van der Waals surface area contributed by atoms with Gasteiger partial charge in [-0.1, -0.05) is 47.5 Å². The quantitative estimate of drug-likeness (QED) is 0.474. The van der Waals surface area contributed by atoms with Crippen LogP contribution >= 0.6 is 0 Å². The molecule has 2 atom stereocenters. The molecular weight excluding hydrogens is 400 g/mol. The van der Waals surface area contributed by atoms with E-state index in [-0.39, 0.29) is 9.79 Å². The lowest BCUT2D eigenvalue weighted by molar-refractivity contribution is 0.259. The predicted octanol–water partition coefficient (Wildman–Crippen LogP) is 3.75. The van der Waals surface area contributed by atoms with Crippen LogP contribution < -0.4 is 0 Å². The van der Waals surface area contributed by atoms with Crippen LogP contribution in [0.15, 0.2) is 70.5 Å². The Morgan fingerprint density at radius 3 is 1.21 bits per heavy atom. The van der Waals surface area contributed by atoms with E-state index >= 15 is 0 Å². The molecule has 2 rings (SSSR count). The second kappa shape index (κ2) is 9.00. The van der Waals surface area contributed by atoms with Crippen molar-refractivity contribution in [2.75, 3.05) is 0 Å². The molecule has 0 aromatic heterocycles. The zero-order chi connectivity index (χ0) is 20.9. The maximum absolute atomic E-state index is 12.3. The summed E-state index contributed by atoms with van der Waals surface area (Å²) >= 11 is 0. The van der Waals surface area contributed by atoms with Crippen molar-refractivity contribution in [3.05, 3.63) is 71.8 Å². The van der Waals surface area contributed by atoms with Gasteiger partial charge in [-0.05, 0) is 52.0 Å². The summed E-state index contributed by atoms with van der Waals surface area (Å²) in [5.74, 6) is 0. The molecule has 2 aromatic carbocycles. The third kappa shape index (κ3) is 6.27. The molecule has 2 unspecified atom stereocenters. The maximum Gasteiger partial charge on any atom is 0.297 e. The average Bonchev–Trinajstić information content (AvgIpc) is 2.60. The van der Waals surface area contributed by atoms with E-state index in [0.29, 0.717) is 0 Å². The van der Waals surface area contributed by atoms with Crippen molar-refractivity contribution in [3.8, 4) is 0 Å². The summed E-state index contributed by atoms with van der Waals surface area (Å²) in [5.41, 5.74) is 1.88. The van der Waals surface area contributed by atoms with Gasteiger partial charge in [0.05, 0.1) is 22.0 Å². The van der Waals surface area contributed by atoms with Gasteiger partial charge < -0.3 is 0 Å². The van der Waals surface area contributed by atoms with Gasteiger partial charge in [0.2, 0.25) is 0 Å². The Labute approximate surface area is 167 Å². The molecule has 0 heterocycles. The molecule has 0 aliphatic heterocycles. The molecule has 8 heteroatoms. The van der Waals surface area contributed by atoms with E-state index in [1.54, 1.807) is 38.1 Å². The Balaban J connectivity index is 2.00. The lowest BCUT2D eigenvalue weighted by Crippen LogP contribution is -2.16. The number of rotatable bonds is 8. The summed E-state index contributed by atoms with van der Waals surface area (Å²) in [6, 6.07) is 12.6. The summed E-state index contributed by atoms with van der Waals surface area (Å²) in [6.07, 6.45) is 1.31. The van der Waals surface area contributed by atoms with Gasteiger partial charge in [-0.15, -0.1) is 0 Å². The highest BCUT2D eigenvalue weighted by Gasteiger charge is 2.19. The fraction of sp³-hybridized carbons (Fsp3) is 0.300. The monoisotopic (exact) mass is 424 g/mol. The second-order valence-corrected chi connectivity index (χ2v) is 9.67. The van der Waals surface area contributed by atoms with Crippen LogP contribution in [0.5, 0.6) is 0 Å². The summed E-state index contributed by atoms with van der Waals surface area (Å²) in [5, 5.41) is 0. The number of aryl methyl sites for hydroxylation is 2. The largest absolute Gasteiger partial charge is 0.297 e. The maximum atomic E-state index is 12.3. The van der Waals surface area contributed by atoms with E-state index in [0.717, 1.165) is 11.1 Å². The minimum atomic E-state index is -3.92. The van der Waals surface area contributed by atoms with Crippen LogP contribution in [-0.4, -0.2) is 29.0 Å². The molecule has 28 heavy (non-hydrogen) atoms. The van der Waals surface area contributed by atoms with Gasteiger partial charge in [0.15, 0.2) is 0 Å². The van der Waals surface area contributed by atoms with Gasteiger partial charge in [0, 0.05) is 0 Å². The van der Waals surface area contributed by atoms with Crippen molar-refractivity contribution >= 4 is 20.2 Å². The first-order chi connectivity index (χ1) is 13.0. The van der Waals surface area contributed by atoms with Gasteiger partial charge in [-0.2, -0.15) is 16.8 Å². The van der Waals surface area contributed by atoms with Crippen LogP contribution in [0.1, 0.15) is 25.0 Å². The molecule has 0 spiro atoms. The zero-order valence-corrected chi connectivity index (χ0v) is 17.8. The fourth-order valence-corrected chi connectivity index (χ4v) is 4.39. The van der Waals surface area contributed by atoms with Crippen LogP contribution in [0.25, 0.3) is 0 Å². The number of benzene rings is 2. The second-order valence-electron chi connectivity index (χ2n) is 6.52. The van der Waals surface area contributed by atoms with Gasteiger partial charge in [0.1, 0.15) is 0 Å². The summed E-state index contributed by atoms with van der Waals surface area (Å²) in [6.45, 7) is 6.80. The molecule has 0 saturated heterocycles. The fourth-order valence-electron chi connectivity index (χ4n) is 2.30. The Hall–Kier alpha value is -2.00. The first-order valence-electron chi connectivity index (χ1n) is 8.68. The van der Waals surface area contributed by atoms with Crippen LogP contribution in [0.3, 0.4) is 0 Å². The molecule has 6 nitrogen and oxygen atoms in total. The van der Waals surface area contributed by atoms with Crippen molar-refractivity contribution in [1.29, 1.82) is 0 Å². The SMILES string of the molecule is Cc1ccc(S(=O)(=O)OC(C)C=CC(C)OS(=O)(=O)c2ccc(C)cc2)cc1. The van der Waals surface area contributed by atoms with Crippen LogP contribution in [0.4, 0.5) is 0 Å². The van der Waals surface area contributed by atoms with E-state index in [1.807, 2.05) is 13.8 Å². The predicted molar refractivity (Wildman–Crippen MR) is 107 cm³/mol. The Bertz CT molecular complexity index is 936. The van der Waals surface area contributed by atoms with Crippen molar-refractivity contribution in [2.45, 2.75) is 49.7 Å². The van der Waals surface area contributed by atoms with E-state index < -0.39 is 32.4 Å². The molecule has 0 N–H and O–H groups in total. The van der Waals surface area contributed by atoms with Crippen LogP contribution in [-0.2, 0) is 28.6 Å². The van der Waals surface area contributed by atoms with Crippen molar-refractivity contribution < 1.29 is 25.2 Å². The van der Waals surface area contributed by atoms with E-state index in [9.17, 15) is 16.8 Å². The standard InChI is InChI=1S/C20H24O6S2/c1-15-5-11-19(12-6-15)27(21,22)25-17(3)9-10-18(4)26-28(23,24)20-13-7-16(2)8-14-20/h5-14,17-18H,1-4H3. The highest BCUT2D eigenvalue weighted by Crippen LogP contribution is 2.17. The molecular formula is C20H24O6S2. The topological polar surface area (TPSA) is 86.7 Å². The Morgan fingerprint density at radius 1 is 0.643 bits per heavy atom. The lowest BCUT2D eigenvalue weighted by Gasteiger charge is -2.12. The summed E-state index contributed by atoms with van der Waals surface area (Å²) in [7, 11) is -7.83. The smallest absolute Gasteiger partial charge is 0.259 e. The van der Waals surface area contributed by atoms with Gasteiger partial charge >= 0.3 is 0 Å². The minimum absolute atomic E-state index is 0.0598. The summed E-state index contributed by atoms with van der Waals surface area (Å²) in [4.78, 5) is 0.120.